The van der Waals surface area contributed by atoms with Crippen LogP contribution in [0.4, 0.5) is 11.4 Å². The molecule has 1 radical (unpaired) electrons. The van der Waals surface area contributed by atoms with Crippen molar-refractivity contribution in [2.24, 2.45) is 9.98 Å². The molecule has 4 rings (SSSR count). The maximum absolute atomic E-state index is 11.4. The second kappa shape index (κ2) is 15.5. The summed E-state index contributed by atoms with van der Waals surface area (Å²) in [5.74, 6) is -1.91. The van der Waals surface area contributed by atoms with Gasteiger partial charge in [0, 0.05) is 12.4 Å². The first-order chi connectivity index (χ1) is 19.2. The van der Waals surface area contributed by atoms with Crippen LogP contribution in [0.15, 0.2) is 94.9 Å². The molecule has 0 aliphatic rings. The summed E-state index contributed by atoms with van der Waals surface area (Å²) in [5, 5.41) is 40.5. The molecule has 0 bridgehead atoms. The van der Waals surface area contributed by atoms with Crippen LogP contribution in [0.2, 0.25) is 0 Å². The molecule has 0 spiro atoms. The summed E-state index contributed by atoms with van der Waals surface area (Å²) in [5.41, 5.74) is 2.79. The van der Waals surface area contributed by atoms with Crippen LogP contribution >= 0.6 is 0 Å². The molecule has 0 unspecified atom stereocenters. The summed E-state index contributed by atoms with van der Waals surface area (Å²) in [4.78, 5) is 30.0. The van der Waals surface area contributed by atoms with Gasteiger partial charge in [-0.15, -0.1) is 0 Å². The number of aliphatic imine (C=N–C) groups is 2. The van der Waals surface area contributed by atoms with Crippen LogP contribution in [0.3, 0.4) is 0 Å². The molecule has 0 saturated carbocycles. The van der Waals surface area contributed by atoms with Gasteiger partial charge in [0.1, 0.15) is 11.5 Å². The van der Waals surface area contributed by atoms with Crippen LogP contribution in [0.5, 0.6) is 23.0 Å². The number of benzene rings is 4. The Balaban J connectivity index is 0.000000280. The summed E-state index contributed by atoms with van der Waals surface area (Å²) in [6.07, 6.45) is 3.09. The minimum atomic E-state index is -1.00. The number of rotatable bonds is 8. The van der Waals surface area contributed by atoms with Gasteiger partial charge in [-0.25, -0.2) is 9.59 Å². The zero-order valence-electron chi connectivity index (χ0n) is 21.8. The molecule has 2 N–H and O–H groups in total. The molecule has 0 atom stereocenters. The van der Waals surface area contributed by atoms with Crippen molar-refractivity contribution in [3.8, 4) is 23.0 Å². The summed E-state index contributed by atoms with van der Waals surface area (Å²) in [7, 11) is 2.85. The number of hydrogen-bond donors (Lipinski definition) is 2. The Bertz CT molecular complexity index is 1450. The molecule has 10 nitrogen and oxygen atoms in total. The third-order valence-corrected chi connectivity index (χ3v) is 5.29. The molecule has 0 aromatic heterocycles. The standard InChI is InChI=1S/2C15H13NO4.Cu/c2*1-20-14-7-10(5-6-13(14)17)9-16-12-4-2-3-11(8-12)15(18)19;/h2*2-9,17H,1H3,(H,18,19);/q;;+2/p-2. The van der Waals surface area contributed by atoms with Crippen LogP contribution in [-0.2, 0) is 17.1 Å². The van der Waals surface area contributed by atoms with Gasteiger partial charge in [0.25, 0.3) is 0 Å². The first-order valence-electron chi connectivity index (χ1n) is 11.6. The molecule has 0 saturated heterocycles. The fraction of sp³-hybridized carbons (Fsp3) is 0.0667. The zero-order chi connectivity index (χ0) is 29.1. The van der Waals surface area contributed by atoms with E-state index in [2.05, 4.69) is 9.98 Å². The Morgan fingerprint density at radius 3 is 1.39 bits per heavy atom. The van der Waals surface area contributed by atoms with Crippen molar-refractivity contribution in [2.75, 3.05) is 14.2 Å². The maximum Gasteiger partial charge on any atom is 2.00 e. The van der Waals surface area contributed by atoms with Gasteiger partial charge < -0.3 is 29.9 Å². The first kappa shape index (κ1) is 32.1. The van der Waals surface area contributed by atoms with E-state index in [1.807, 2.05) is 0 Å². The van der Waals surface area contributed by atoms with Gasteiger partial charge in [0.2, 0.25) is 0 Å². The van der Waals surface area contributed by atoms with E-state index in [4.69, 9.17) is 19.7 Å². The van der Waals surface area contributed by atoms with Crippen molar-refractivity contribution in [2.45, 2.75) is 0 Å². The average Bonchev–Trinajstić information content (AvgIpc) is 2.97. The second-order valence-electron chi connectivity index (χ2n) is 8.05. The summed E-state index contributed by atoms with van der Waals surface area (Å²) >= 11 is 0. The van der Waals surface area contributed by atoms with Crippen molar-refractivity contribution in [1.82, 2.24) is 0 Å². The molecule has 41 heavy (non-hydrogen) atoms. The Labute approximate surface area is 246 Å². The van der Waals surface area contributed by atoms with Crippen LogP contribution in [0.1, 0.15) is 31.8 Å². The normalized spacial score (nSPS) is 10.4. The third-order valence-electron chi connectivity index (χ3n) is 5.29. The van der Waals surface area contributed by atoms with E-state index in [-0.39, 0.29) is 51.2 Å². The Morgan fingerprint density at radius 1 is 0.659 bits per heavy atom. The predicted octanol–water partition coefficient (Wildman–Crippen LogP) is 4.43. The van der Waals surface area contributed by atoms with Crippen molar-refractivity contribution in [1.29, 1.82) is 0 Å². The van der Waals surface area contributed by atoms with Crippen molar-refractivity contribution in [3.63, 3.8) is 0 Å². The van der Waals surface area contributed by atoms with Gasteiger partial charge in [-0.05, 0) is 59.7 Å². The maximum atomic E-state index is 11.4. The smallest absolute Gasteiger partial charge is 0.870 e. The molecule has 213 valence electrons. The van der Waals surface area contributed by atoms with E-state index in [0.29, 0.717) is 22.5 Å². The van der Waals surface area contributed by atoms with E-state index in [1.165, 1.54) is 50.6 Å². The first-order valence-corrected chi connectivity index (χ1v) is 11.6. The van der Waals surface area contributed by atoms with E-state index in [0.717, 1.165) is 0 Å². The molecule has 0 aliphatic carbocycles. The Hall–Kier alpha value is -5.12. The van der Waals surface area contributed by atoms with Crippen molar-refractivity contribution >= 4 is 35.7 Å². The molecule has 0 aliphatic heterocycles. The van der Waals surface area contributed by atoms with Gasteiger partial charge >= 0.3 is 29.0 Å². The molecular formula is C30H24CuN2O8. The monoisotopic (exact) mass is 603 g/mol. The van der Waals surface area contributed by atoms with E-state index in [1.54, 1.807) is 61.0 Å². The Kier molecular flexibility index (Phi) is 12.1. The summed E-state index contributed by atoms with van der Waals surface area (Å²) in [6.45, 7) is 0. The summed E-state index contributed by atoms with van der Waals surface area (Å²) in [6, 6.07) is 21.8. The zero-order valence-corrected chi connectivity index (χ0v) is 22.7. The van der Waals surface area contributed by atoms with Crippen molar-refractivity contribution in [3.05, 3.63) is 107 Å². The SMILES string of the molecule is COc1cc(C=Nc2cccc(C(=O)O)c2)ccc1[O-].COc1cc(C=Nc2cccc(C(=O)O)c2)ccc1[O-].[Cu+2]. The minimum Gasteiger partial charge on any atom is -0.870 e. The molecule has 0 fully saturated rings. The van der Waals surface area contributed by atoms with Crippen molar-refractivity contribution < 1.29 is 56.6 Å². The number of aromatic carboxylic acids is 2. The average molecular weight is 604 g/mol. The van der Waals surface area contributed by atoms with E-state index < -0.39 is 11.9 Å². The number of methoxy groups -OCH3 is 2. The Morgan fingerprint density at radius 2 is 1.05 bits per heavy atom. The molecule has 0 heterocycles. The number of hydrogen-bond acceptors (Lipinski definition) is 8. The largest absolute Gasteiger partial charge is 2.00 e. The minimum absolute atomic E-state index is 0. The quantitative estimate of drug-likeness (QED) is 0.220. The van der Waals surface area contributed by atoms with Gasteiger partial charge in [0.15, 0.2) is 0 Å². The predicted molar refractivity (Wildman–Crippen MR) is 146 cm³/mol. The van der Waals surface area contributed by atoms with Gasteiger partial charge in [0.05, 0.1) is 36.7 Å². The van der Waals surface area contributed by atoms with Gasteiger partial charge in [-0.1, -0.05) is 47.9 Å². The number of carboxylic acids is 2. The fourth-order valence-electron chi connectivity index (χ4n) is 3.27. The molecule has 4 aromatic carbocycles. The molecule has 0 amide bonds. The van der Waals surface area contributed by atoms with Crippen LogP contribution in [-0.4, -0.2) is 48.8 Å². The van der Waals surface area contributed by atoms with Crippen LogP contribution in [0, 0.1) is 0 Å². The van der Waals surface area contributed by atoms with E-state index >= 15 is 0 Å². The fourth-order valence-corrected chi connectivity index (χ4v) is 3.27. The number of carboxylic acid groups (broad SMARTS) is 2. The number of ether oxygens (including phenoxy) is 2. The van der Waals surface area contributed by atoms with Gasteiger partial charge in [-0.2, -0.15) is 0 Å². The van der Waals surface area contributed by atoms with Crippen LogP contribution in [0.25, 0.3) is 0 Å². The topological polar surface area (TPSA) is 164 Å². The second-order valence-corrected chi connectivity index (χ2v) is 8.05. The number of carbonyl (C=O) groups is 2. The van der Waals surface area contributed by atoms with E-state index in [9.17, 15) is 19.8 Å². The third kappa shape index (κ3) is 9.54. The van der Waals surface area contributed by atoms with Gasteiger partial charge in [-0.3, -0.25) is 9.98 Å². The van der Waals surface area contributed by atoms with Crippen LogP contribution < -0.4 is 19.7 Å². The molecule has 11 heteroatoms. The molecular weight excluding hydrogens is 580 g/mol. The summed E-state index contributed by atoms with van der Waals surface area (Å²) < 4.78 is 9.87. The number of nitrogens with zero attached hydrogens (tertiary/aromatic N) is 2. The molecule has 4 aromatic rings.